The van der Waals surface area contributed by atoms with Crippen molar-refractivity contribution in [2.45, 2.75) is 19.9 Å². The minimum Gasteiger partial charge on any atom is -0.480 e. The van der Waals surface area contributed by atoms with Gasteiger partial charge in [0.1, 0.15) is 18.8 Å². The van der Waals surface area contributed by atoms with Gasteiger partial charge in [-0.05, 0) is 19.9 Å². The van der Waals surface area contributed by atoms with Crippen LogP contribution in [0.15, 0.2) is 12.3 Å². The molecule has 0 radical (unpaired) electrons. The van der Waals surface area contributed by atoms with E-state index in [4.69, 9.17) is 22.4 Å². The molecule has 0 aliphatic carbocycles. The standard InChI is InChI=1S/C12H16ClN3O4/c1-7(2)16-4-8(13)3-9(16)12(20)15(5-10(14)17)6-11(18)19/h3-4,7H,5-6H2,1-2H3,(H2,14,17)(H,18,19). The lowest BCUT2D eigenvalue weighted by molar-refractivity contribution is -0.138. The monoisotopic (exact) mass is 301 g/mol. The van der Waals surface area contributed by atoms with Crippen LogP contribution in [0.25, 0.3) is 0 Å². The van der Waals surface area contributed by atoms with E-state index < -0.39 is 30.9 Å². The quantitative estimate of drug-likeness (QED) is 0.808. The number of carbonyl (C=O) groups excluding carboxylic acids is 2. The molecule has 110 valence electrons. The predicted octanol–water partition coefficient (Wildman–Crippen LogP) is 0.734. The minimum atomic E-state index is -1.23. The highest BCUT2D eigenvalue weighted by Gasteiger charge is 2.24. The molecule has 0 unspecified atom stereocenters. The zero-order valence-corrected chi connectivity index (χ0v) is 11.9. The van der Waals surface area contributed by atoms with Crippen molar-refractivity contribution < 1.29 is 19.5 Å². The zero-order chi connectivity index (χ0) is 15.4. The lowest BCUT2D eigenvalue weighted by Gasteiger charge is -2.21. The van der Waals surface area contributed by atoms with Crippen molar-refractivity contribution >= 4 is 29.4 Å². The average molecular weight is 302 g/mol. The molecule has 3 N–H and O–H groups in total. The summed E-state index contributed by atoms with van der Waals surface area (Å²) >= 11 is 5.87. The molecule has 2 amide bonds. The molecule has 1 aromatic rings. The Balaban J connectivity index is 3.11. The van der Waals surface area contributed by atoms with Gasteiger partial charge >= 0.3 is 5.97 Å². The lowest BCUT2D eigenvalue weighted by Crippen LogP contribution is -2.42. The number of amides is 2. The van der Waals surface area contributed by atoms with Crippen LogP contribution in [0.5, 0.6) is 0 Å². The number of carbonyl (C=O) groups is 3. The molecule has 0 aromatic carbocycles. The van der Waals surface area contributed by atoms with Crippen LogP contribution in [0.2, 0.25) is 5.02 Å². The fourth-order valence-electron chi connectivity index (χ4n) is 1.76. The number of aromatic nitrogens is 1. The van der Waals surface area contributed by atoms with Crippen LogP contribution in [0.3, 0.4) is 0 Å². The fraction of sp³-hybridized carbons (Fsp3) is 0.417. The smallest absolute Gasteiger partial charge is 0.323 e. The molecule has 1 heterocycles. The van der Waals surface area contributed by atoms with Gasteiger partial charge in [0.2, 0.25) is 5.91 Å². The number of rotatable bonds is 6. The number of nitrogens with two attached hydrogens (primary N) is 1. The number of aliphatic carboxylic acids is 1. The molecule has 0 atom stereocenters. The summed E-state index contributed by atoms with van der Waals surface area (Å²) in [5.41, 5.74) is 5.24. The molecule has 0 aliphatic heterocycles. The lowest BCUT2D eigenvalue weighted by atomic mass is 10.3. The Morgan fingerprint density at radius 3 is 2.45 bits per heavy atom. The maximum Gasteiger partial charge on any atom is 0.323 e. The third-order valence-electron chi connectivity index (χ3n) is 2.55. The molecular weight excluding hydrogens is 286 g/mol. The topological polar surface area (TPSA) is 106 Å². The Bertz CT molecular complexity index is 523. The van der Waals surface area contributed by atoms with Crippen molar-refractivity contribution in [2.75, 3.05) is 13.1 Å². The summed E-state index contributed by atoms with van der Waals surface area (Å²) in [7, 11) is 0. The normalized spacial score (nSPS) is 10.6. The van der Waals surface area contributed by atoms with E-state index in [0.29, 0.717) is 5.02 Å². The van der Waals surface area contributed by atoms with Gasteiger partial charge in [0.15, 0.2) is 0 Å². The molecular formula is C12H16ClN3O4. The number of hydrogen-bond donors (Lipinski definition) is 2. The number of carboxylic acid groups (broad SMARTS) is 1. The van der Waals surface area contributed by atoms with Crippen molar-refractivity contribution in [1.82, 2.24) is 9.47 Å². The van der Waals surface area contributed by atoms with Crippen molar-refractivity contribution in [2.24, 2.45) is 5.73 Å². The number of primary amides is 1. The first-order chi connectivity index (χ1) is 9.22. The number of nitrogens with zero attached hydrogens (tertiary/aromatic N) is 2. The van der Waals surface area contributed by atoms with Crippen LogP contribution >= 0.6 is 11.6 Å². The Morgan fingerprint density at radius 2 is 2.00 bits per heavy atom. The van der Waals surface area contributed by atoms with E-state index in [1.165, 1.54) is 6.07 Å². The highest BCUT2D eigenvalue weighted by atomic mass is 35.5. The molecule has 0 bridgehead atoms. The second kappa shape index (κ2) is 6.42. The summed E-state index contributed by atoms with van der Waals surface area (Å²) in [6, 6.07) is 1.39. The molecule has 0 aliphatic rings. The Hall–Kier alpha value is -2.02. The first-order valence-corrected chi connectivity index (χ1v) is 6.27. The summed E-state index contributed by atoms with van der Waals surface area (Å²) in [5.74, 6) is -2.62. The SMILES string of the molecule is CC(C)n1cc(Cl)cc1C(=O)N(CC(N)=O)CC(=O)O. The third kappa shape index (κ3) is 3.99. The van der Waals surface area contributed by atoms with Gasteiger partial charge in [0.25, 0.3) is 5.91 Å². The van der Waals surface area contributed by atoms with Crippen LogP contribution in [0.4, 0.5) is 0 Å². The molecule has 0 spiro atoms. The maximum absolute atomic E-state index is 12.3. The zero-order valence-electron chi connectivity index (χ0n) is 11.2. The van der Waals surface area contributed by atoms with Crippen molar-refractivity contribution in [3.8, 4) is 0 Å². The predicted molar refractivity (Wildman–Crippen MR) is 72.6 cm³/mol. The second-order valence-corrected chi connectivity index (χ2v) is 5.00. The molecule has 0 saturated heterocycles. The molecule has 0 fully saturated rings. The van der Waals surface area contributed by atoms with Gasteiger partial charge in [-0.15, -0.1) is 0 Å². The van der Waals surface area contributed by atoms with E-state index in [2.05, 4.69) is 0 Å². The molecule has 7 nitrogen and oxygen atoms in total. The van der Waals surface area contributed by atoms with Crippen LogP contribution in [0, 0.1) is 0 Å². The number of hydrogen-bond acceptors (Lipinski definition) is 3. The van der Waals surface area contributed by atoms with E-state index in [0.717, 1.165) is 4.90 Å². The fourth-order valence-corrected chi connectivity index (χ4v) is 1.97. The molecule has 0 saturated carbocycles. The van der Waals surface area contributed by atoms with Gasteiger partial charge in [0.05, 0.1) is 5.02 Å². The van der Waals surface area contributed by atoms with E-state index in [-0.39, 0.29) is 11.7 Å². The van der Waals surface area contributed by atoms with E-state index in [1.54, 1.807) is 10.8 Å². The van der Waals surface area contributed by atoms with Crippen LogP contribution in [0.1, 0.15) is 30.4 Å². The van der Waals surface area contributed by atoms with E-state index in [9.17, 15) is 14.4 Å². The Labute approximate surface area is 120 Å². The summed E-state index contributed by atoms with van der Waals surface area (Å²) in [4.78, 5) is 34.9. The van der Waals surface area contributed by atoms with Crippen LogP contribution in [-0.4, -0.2) is 45.4 Å². The van der Waals surface area contributed by atoms with E-state index in [1.807, 2.05) is 13.8 Å². The Morgan fingerprint density at radius 1 is 1.40 bits per heavy atom. The first-order valence-electron chi connectivity index (χ1n) is 5.89. The highest BCUT2D eigenvalue weighted by molar-refractivity contribution is 6.31. The van der Waals surface area contributed by atoms with Crippen LogP contribution in [-0.2, 0) is 9.59 Å². The summed E-state index contributed by atoms with van der Waals surface area (Å²) < 4.78 is 1.61. The van der Waals surface area contributed by atoms with Crippen molar-refractivity contribution in [3.63, 3.8) is 0 Å². The average Bonchev–Trinajstić information content (AvgIpc) is 2.68. The maximum atomic E-state index is 12.3. The summed E-state index contributed by atoms with van der Waals surface area (Å²) in [6.07, 6.45) is 1.57. The molecule has 8 heteroatoms. The largest absolute Gasteiger partial charge is 0.480 e. The van der Waals surface area contributed by atoms with Gasteiger partial charge in [-0.1, -0.05) is 11.6 Å². The Kier molecular flexibility index (Phi) is 5.15. The van der Waals surface area contributed by atoms with Gasteiger partial charge < -0.3 is 20.3 Å². The van der Waals surface area contributed by atoms with Crippen molar-refractivity contribution in [1.29, 1.82) is 0 Å². The second-order valence-electron chi connectivity index (χ2n) is 4.57. The van der Waals surface area contributed by atoms with Gasteiger partial charge in [-0.25, -0.2) is 0 Å². The van der Waals surface area contributed by atoms with Crippen LogP contribution < -0.4 is 5.73 Å². The molecule has 1 aromatic heterocycles. The van der Waals surface area contributed by atoms with Gasteiger partial charge in [0, 0.05) is 12.2 Å². The van der Waals surface area contributed by atoms with Gasteiger partial charge in [-0.2, -0.15) is 0 Å². The highest BCUT2D eigenvalue weighted by Crippen LogP contribution is 2.20. The van der Waals surface area contributed by atoms with Crippen molar-refractivity contribution in [3.05, 3.63) is 23.0 Å². The van der Waals surface area contributed by atoms with Gasteiger partial charge in [-0.3, -0.25) is 14.4 Å². The first kappa shape index (κ1) is 16.0. The number of halogens is 1. The summed E-state index contributed by atoms with van der Waals surface area (Å²) in [6.45, 7) is 2.63. The molecule has 1 rings (SSSR count). The minimum absolute atomic E-state index is 0.0401. The third-order valence-corrected chi connectivity index (χ3v) is 2.76. The van der Waals surface area contributed by atoms with E-state index >= 15 is 0 Å². The summed E-state index contributed by atoms with van der Waals surface area (Å²) in [5, 5.41) is 9.16. The number of carboxylic acids is 1. The molecule has 20 heavy (non-hydrogen) atoms.